The maximum absolute atomic E-state index is 12.6. The van der Waals surface area contributed by atoms with E-state index in [-0.39, 0.29) is 23.6 Å². The van der Waals surface area contributed by atoms with E-state index in [1.54, 1.807) is 24.3 Å². The fourth-order valence-electron chi connectivity index (χ4n) is 3.21. The van der Waals surface area contributed by atoms with Crippen LogP contribution in [0.5, 0.6) is 0 Å². The van der Waals surface area contributed by atoms with Gasteiger partial charge in [0.15, 0.2) is 11.0 Å². The number of hydrogen-bond acceptors (Lipinski definition) is 5. The zero-order chi connectivity index (χ0) is 23.3. The molecule has 3 aromatic rings. The lowest BCUT2D eigenvalue weighted by Crippen LogP contribution is -2.29. The number of carbonyl (C=O) groups is 2. The van der Waals surface area contributed by atoms with E-state index in [2.05, 4.69) is 20.8 Å². The van der Waals surface area contributed by atoms with Gasteiger partial charge in [-0.25, -0.2) is 0 Å². The van der Waals surface area contributed by atoms with Crippen molar-refractivity contribution in [2.24, 2.45) is 0 Å². The van der Waals surface area contributed by atoms with E-state index in [1.165, 1.54) is 11.8 Å². The minimum Gasteiger partial charge on any atom is -0.342 e. The maximum atomic E-state index is 12.6. The summed E-state index contributed by atoms with van der Waals surface area (Å²) in [6.07, 6.45) is 0. The molecule has 0 saturated heterocycles. The number of aromatic nitrogens is 3. The normalized spacial score (nSPS) is 11.8. The second-order valence-corrected chi connectivity index (χ2v) is 8.69. The first kappa shape index (κ1) is 23.8. The Kier molecular flexibility index (Phi) is 7.93. The van der Waals surface area contributed by atoms with Crippen molar-refractivity contribution >= 4 is 40.9 Å². The highest BCUT2D eigenvalue weighted by Gasteiger charge is 2.21. The van der Waals surface area contributed by atoms with Crippen molar-refractivity contribution < 1.29 is 9.59 Å². The van der Waals surface area contributed by atoms with Crippen LogP contribution in [0.15, 0.2) is 47.6 Å². The Morgan fingerprint density at radius 1 is 1.12 bits per heavy atom. The summed E-state index contributed by atoms with van der Waals surface area (Å²) >= 11 is 7.43. The quantitative estimate of drug-likeness (QED) is 0.461. The van der Waals surface area contributed by atoms with Gasteiger partial charge < -0.3 is 15.2 Å². The van der Waals surface area contributed by atoms with Crippen molar-refractivity contribution in [1.82, 2.24) is 20.1 Å². The smallest absolute Gasteiger partial charge is 0.253 e. The summed E-state index contributed by atoms with van der Waals surface area (Å²) in [6.45, 7) is 8.41. The molecule has 1 atom stereocenters. The van der Waals surface area contributed by atoms with Crippen LogP contribution in [0.1, 0.15) is 47.2 Å². The predicted molar refractivity (Wildman–Crippen MR) is 128 cm³/mol. The average molecular weight is 472 g/mol. The molecule has 2 aromatic carbocycles. The van der Waals surface area contributed by atoms with Crippen LogP contribution in [0, 0.1) is 13.8 Å². The summed E-state index contributed by atoms with van der Waals surface area (Å²) in [5.74, 6) is 0.420. The van der Waals surface area contributed by atoms with Crippen LogP contribution < -0.4 is 10.6 Å². The van der Waals surface area contributed by atoms with Gasteiger partial charge in [-0.15, -0.1) is 10.2 Å². The van der Waals surface area contributed by atoms with E-state index < -0.39 is 0 Å². The lowest BCUT2D eigenvalue weighted by atomic mass is 10.1. The van der Waals surface area contributed by atoms with Gasteiger partial charge in [0.05, 0.1) is 22.4 Å². The molecule has 0 aliphatic rings. The third-order valence-electron chi connectivity index (χ3n) is 5.13. The number of benzene rings is 2. The molecule has 0 radical (unpaired) electrons. The summed E-state index contributed by atoms with van der Waals surface area (Å²) < 4.78 is 1.90. The van der Waals surface area contributed by atoms with Crippen LogP contribution in [-0.2, 0) is 11.3 Å². The van der Waals surface area contributed by atoms with E-state index in [0.717, 1.165) is 16.8 Å². The van der Waals surface area contributed by atoms with Gasteiger partial charge in [-0.2, -0.15) is 0 Å². The van der Waals surface area contributed by atoms with Crippen molar-refractivity contribution in [2.75, 3.05) is 11.1 Å². The van der Waals surface area contributed by atoms with Crippen LogP contribution in [0.4, 0.5) is 5.69 Å². The molecule has 0 bridgehead atoms. The summed E-state index contributed by atoms with van der Waals surface area (Å²) in [7, 11) is 0. The van der Waals surface area contributed by atoms with E-state index in [9.17, 15) is 9.59 Å². The second kappa shape index (κ2) is 10.7. The standard InChI is InChI=1S/C23H26ClN5O2S/c1-5-29-21(16(4)25-22(31)17-10-6-7-11-18(17)24)27-28-23(29)32-13-20(30)26-19-12-8-9-14(2)15(19)3/h6-12,16H,5,13H2,1-4H3,(H,25,31)(H,26,30)/t16-/m0/s1. The van der Waals surface area contributed by atoms with Gasteiger partial charge in [-0.1, -0.05) is 47.6 Å². The minimum absolute atomic E-state index is 0.115. The molecule has 0 aliphatic carbocycles. The zero-order valence-corrected chi connectivity index (χ0v) is 20.0. The molecular weight excluding hydrogens is 446 g/mol. The van der Waals surface area contributed by atoms with Crippen LogP contribution in [0.2, 0.25) is 5.02 Å². The minimum atomic E-state index is -0.385. The molecule has 2 amide bonds. The molecule has 32 heavy (non-hydrogen) atoms. The number of carbonyl (C=O) groups excluding carboxylic acids is 2. The second-order valence-electron chi connectivity index (χ2n) is 7.34. The van der Waals surface area contributed by atoms with Crippen molar-refractivity contribution in [1.29, 1.82) is 0 Å². The number of hydrogen-bond donors (Lipinski definition) is 2. The third-order valence-corrected chi connectivity index (χ3v) is 6.42. The number of thioether (sulfide) groups is 1. The summed E-state index contributed by atoms with van der Waals surface area (Å²) in [5, 5.41) is 15.4. The molecule has 9 heteroatoms. The lowest BCUT2D eigenvalue weighted by Gasteiger charge is -2.15. The Balaban J connectivity index is 1.65. The monoisotopic (exact) mass is 471 g/mol. The third kappa shape index (κ3) is 5.49. The average Bonchev–Trinajstić information content (AvgIpc) is 3.19. The molecule has 3 rings (SSSR count). The summed E-state index contributed by atoms with van der Waals surface area (Å²) in [4.78, 5) is 25.0. The van der Waals surface area contributed by atoms with Gasteiger partial charge in [-0.3, -0.25) is 9.59 Å². The molecule has 0 unspecified atom stereocenters. The van der Waals surface area contributed by atoms with Gasteiger partial charge >= 0.3 is 0 Å². The van der Waals surface area contributed by atoms with Crippen LogP contribution in [0.25, 0.3) is 0 Å². The fourth-order valence-corrected chi connectivity index (χ4v) is 4.24. The van der Waals surface area contributed by atoms with E-state index in [0.29, 0.717) is 28.1 Å². The van der Waals surface area contributed by atoms with E-state index in [1.807, 2.05) is 50.5 Å². The Hall–Kier alpha value is -2.84. The van der Waals surface area contributed by atoms with E-state index >= 15 is 0 Å². The molecule has 0 aliphatic heterocycles. The van der Waals surface area contributed by atoms with Crippen molar-refractivity contribution in [3.8, 4) is 0 Å². The Morgan fingerprint density at radius 3 is 2.59 bits per heavy atom. The first-order chi connectivity index (χ1) is 15.3. The SMILES string of the molecule is CCn1c(SCC(=O)Nc2cccc(C)c2C)nnc1[C@H](C)NC(=O)c1ccccc1Cl. The number of amides is 2. The molecule has 7 nitrogen and oxygen atoms in total. The topological polar surface area (TPSA) is 88.9 Å². The van der Waals surface area contributed by atoms with Gasteiger partial charge in [0.1, 0.15) is 0 Å². The van der Waals surface area contributed by atoms with Crippen molar-refractivity contribution in [3.05, 3.63) is 70.0 Å². The van der Waals surface area contributed by atoms with Crippen LogP contribution in [-0.4, -0.2) is 32.3 Å². The molecule has 2 N–H and O–H groups in total. The summed E-state index contributed by atoms with van der Waals surface area (Å²) in [5.41, 5.74) is 3.39. The highest BCUT2D eigenvalue weighted by atomic mass is 35.5. The van der Waals surface area contributed by atoms with Gasteiger partial charge in [0.2, 0.25) is 5.91 Å². The van der Waals surface area contributed by atoms with Crippen LogP contribution in [0.3, 0.4) is 0 Å². The first-order valence-electron chi connectivity index (χ1n) is 10.3. The zero-order valence-electron chi connectivity index (χ0n) is 18.5. The van der Waals surface area contributed by atoms with Gasteiger partial charge in [-0.05, 0) is 57.0 Å². The van der Waals surface area contributed by atoms with Gasteiger partial charge in [0, 0.05) is 12.2 Å². The molecular formula is C23H26ClN5O2S. The maximum Gasteiger partial charge on any atom is 0.253 e. The van der Waals surface area contributed by atoms with E-state index in [4.69, 9.17) is 11.6 Å². The molecule has 1 heterocycles. The first-order valence-corrected chi connectivity index (χ1v) is 11.7. The molecule has 1 aromatic heterocycles. The molecule has 168 valence electrons. The molecule has 0 spiro atoms. The number of halogens is 1. The number of nitrogens with one attached hydrogen (secondary N) is 2. The van der Waals surface area contributed by atoms with Crippen molar-refractivity contribution in [3.63, 3.8) is 0 Å². The number of nitrogens with zero attached hydrogens (tertiary/aromatic N) is 3. The number of aryl methyl sites for hydroxylation is 1. The van der Waals surface area contributed by atoms with Crippen molar-refractivity contribution in [2.45, 2.75) is 45.4 Å². The van der Waals surface area contributed by atoms with Crippen LogP contribution >= 0.6 is 23.4 Å². The largest absolute Gasteiger partial charge is 0.342 e. The highest BCUT2D eigenvalue weighted by Crippen LogP contribution is 2.23. The Morgan fingerprint density at radius 2 is 1.88 bits per heavy atom. The van der Waals surface area contributed by atoms with Gasteiger partial charge in [0.25, 0.3) is 5.91 Å². The number of anilines is 1. The summed E-state index contributed by atoms with van der Waals surface area (Å²) in [6, 6.07) is 12.3. The number of rotatable bonds is 8. The Labute approximate surface area is 197 Å². The lowest BCUT2D eigenvalue weighted by molar-refractivity contribution is -0.113. The fraction of sp³-hybridized carbons (Fsp3) is 0.304. The highest BCUT2D eigenvalue weighted by molar-refractivity contribution is 7.99. The Bertz CT molecular complexity index is 1130. The molecule has 0 saturated carbocycles. The predicted octanol–water partition coefficient (Wildman–Crippen LogP) is 4.79. The molecule has 0 fully saturated rings.